The maximum absolute atomic E-state index is 2.48. The highest BCUT2D eigenvalue weighted by Gasteiger charge is 2.52. The van der Waals surface area contributed by atoms with Crippen molar-refractivity contribution < 1.29 is 0 Å². The van der Waals surface area contributed by atoms with E-state index in [1.54, 1.807) is 0 Å². The summed E-state index contributed by atoms with van der Waals surface area (Å²) in [6.45, 7) is 0. The van der Waals surface area contributed by atoms with Crippen LogP contribution in [0.4, 0.5) is 0 Å². The second kappa shape index (κ2) is 12.5. The van der Waals surface area contributed by atoms with Gasteiger partial charge < -0.3 is 4.57 Å². The zero-order valence-corrected chi connectivity index (χ0v) is 33.8. The fourth-order valence-electron chi connectivity index (χ4n) is 11.8. The van der Waals surface area contributed by atoms with Crippen LogP contribution in [0.2, 0.25) is 0 Å². The van der Waals surface area contributed by atoms with Crippen molar-refractivity contribution in [1.82, 2.24) is 4.57 Å². The Kier molecular flexibility index (Phi) is 6.82. The minimum absolute atomic E-state index is 0.450. The normalized spacial score (nSPS) is 13.3. The predicted octanol–water partition coefficient (Wildman–Crippen LogP) is 15.9. The van der Waals surface area contributed by atoms with Gasteiger partial charge in [-0.25, -0.2) is 0 Å². The number of hydrogen-bond donors (Lipinski definition) is 0. The summed E-state index contributed by atoms with van der Waals surface area (Å²) in [5, 5.41) is 10.3. The molecular weight excluding hydrogens is 747 g/mol. The summed E-state index contributed by atoms with van der Waals surface area (Å²) in [4.78, 5) is 0. The third-order valence-electron chi connectivity index (χ3n) is 14.2. The zero-order valence-electron chi connectivity index (χ0n) is 33.8. The molecular formula is C61H37N. The summed E-state index contributed by atoms with van der Waals surface area (Å²) in [7, 11) is 0. The van der Waals surface area contributed by atoms with Crippen LogP contribution in [0.15, 0.2) is 224 Å². The van der Waals surface area contributed by atoms with Crippen LogP contribution >= 0.6 is 0 Å². The molecule has 0 atom stereocenters. The Hall–Kier alpha value is -8.00. The minimum Gasteiger partial charge on any atom is -0.309 e. The first-order chi connectivity index (χ1) is 30.8. The maximum Gasteiger partial charge on any atom is 0.0731 e. The molecule has 1 nitrogen and oxygen atoms in total. The van der Waals surface area contributed by atoms with Crippen molar-refractivity contribution in [3.8, 4) is 50.2 Å². The number of hydrogen-bond acceptors (Lipinski definition) is 0. The monoisotopic (exact) mass is 783 g/mol. The summed E-state index contributed by atoms with van der Waals surface area (Å²) < 4.78 is 2.48. The molecule has 0 radical (unpaired) electrons. The van der Waals surface area contributed by atoms with E-state index in [0.717, 1.165) is 5.69 Å². The van der Waals surface area contributed by atoms with E-state index in [4.69, 9.17) is 0 Å². The summed E-state index contributed by atoms with van der Waals surface area (Å²) in [6.07, 6.45) is 0. The van der Waals surface area contributed by atoms with Crippen molar-refractivity contribution in [3.63, 3.8) is 0 Å². The summed E-state index contributed by atoms with van der Waals surface area (Å²) in [5.41, 5.74) is 18.8. The van der Waals surface area contributed by atoms with Gasteiger partial charge in [0, 0.05) is 16.5 Å². The molecule has 286 valence electrons. The summed E-state index contributed by atoms with van der Waals surface area (Å²) in [5.74, 6) is 0. The quantitative estimate of drug-likeness (QED) is 0.157. The Morgan fingerprint density at radius 1 is 0.274 bits per heavy atom. The third-order valence-corrected chi connectivity index (χ3v) is 14.2. The van der Waals surface area contributed by atoms with Crippen molar-refractivity contribution in [2.75, 3.05) is 0 Å². The van der Waals surface area contributed by atoms with Crippen LogP contribution in [0.1, 0.15) is 22.3 Å². The number of fused-ring (bicyclic) bond motifs is 19. The van der Waals surface area contributed by atoms with E-state index in [1.807, 2.05) is 0 Å². The molecule has 0 aliphatic heterocycles. The molecule has 0 saturated heterocycles. The first-order valence-corrected chi connectivity index (χ1v) is 21.7. The smallest absolute Gasteiger partial charge is 0.0731 e. The van der Waals surface area contributed by atoms with E-state index < -0.39 is 5.41 Å². The first kappa shape index (κ1) is 33.8. The highest BCUT2D eigenvalue weighted by atomic mass is 15.0. The first-order valence-electron chi connectivity index (χ1n) is 21.7. The van der Waals surface area contributed by atoms with Crippen LogP contribution < -0.4 is 0 Å². The molecule has 1 spiro atoms. The van der Waals surface area contributed by atoms with Crippen molar-refractivity contribution in [1.29, 1.82) is 0 Å². The lowest BCUT2D eigenvalue weighted by Gasteiger charge is -2.32. The molecule has 0 saturated carbocycles. The lowest BCUT2D eigenvalue weighted by atomic mass is 9.68. The second-order valence-corrected chi connectivity index (χ2v) is 17.1. The molecule has 14 rings (SSSR count). The number of rotatable bonds is 3. The molecule has 0 amide bonds. The molecule has 0 N–H and O–H groups in total. The average Bonchev–Trinajstić information content (AvgIpc) is 3.96. The van der Waals surface area contributed by atoms with Gasteiger partial charge in [-0.2, -0.15) is 0 Å². The third kappa shape index (κ3) is 4.32. The van der Waals surface area contributed by atoms with Gasteiger partial charge in [-0.1, -0.05) is 194 Å². The standard InChI is InChI=1S/C61H37N/c1-2-16-40(17-3-1)62-57-31-15-25-49(51-27-14-26-50-48-24-10-13-30-56(48)61(60(50)51)54-28-11-8-22-46(54)47-23-9-12-29-55(47)61)59(57)52-35-33-39(37-58(52)62)38-32-34-45-43-20-5-4-18-41(43)42-19-6-7-21-44(42)53(45)36-38/h1-37H. The van der Waals surface area contributed by atoms with Crippen LogP contribution in [-0.2, 0) is 5.41 Å². The number of para-hydroxylation sites is 1. The molecule has 2 aliphatic rings. The molecule has 0 unspecified atom stereocenters. The topological polar surface area (TPSA) is 4.93 Å². The Labute approximate surface area is 359 Å². The van der Waals surface area contributed by atoms with Crippen molar-refractivity contribution in [3.05, 3.63) is 247 Å². The van der Waals surface area contributed by atoms with Gasteiger partial charge in [0.2, 0.25) is 0 Å². The lowest BCUT2D eigenvalue weighted by Crippen LogP contribution is -2.26. The maximum atomic E-state index is 2.48. The fraction of sp³-hybridized carbons (Fsp3) is 0.0164. The van der Waals surface area contributed by atoms with Gasteiger partial charge in [0.15, 0.2) is 0 Å². The molecule has 1 heterocycles. The molecule has 11 aromatic carbocycles. The Morgan fingerprint density at radius 2 is 0.710 bits per heavy atom. The van der Waals surface area contributed by atoms with Gasteiger partial charge in [-0.15, -0.1) is 0 Å². The highest BCUT2D eigenvalue weighted by molar-refractivity contribution is 6.26. The van der Waals surface area contributed by atoms with Crippen LogP contribution in [0.25, 0.3) is 104 Å². The predicted molar refractivity (Wildman–Crippen MR) is 260 cm³/mol. The largest absolute Gasteiger partial charge is 0.309 e. The fourth-order valence-corrected chi connectivity index (χ4v) is 11.8. The zero-order chi connectivity index (χ0) is 40.5. The molecule has 0 bridgehead atoms. The van der Waals surface area contributed by atoms with Gasteiger partial charge in [-0.05, 0) is 129 Å². The van der Waals surface area contributed by atoms with Gasteiger partial charge >= 0.3 is 0 Å². The van der Waals surface area contributed by atoms with Gasteiger partial charge in [0.05, 0.1) is 16.4 Å². The van der Waals surface area contributed by atoms with Gasteiger partial charge in [0.1, 0.15) is 0 Å². The van der Waals surface area contributed by atoms with Crippen molar-refractivity contribution in [2.45, 2.75) is 5.41 Å². The number of nitrogens with zero attached hydrogens (tertiary/aromatic N) is 1. The Balaban J connectivity index is 1.05. The van der Waals surface area contributed by atoms with Crippen LogP contribution in [0, 0.1) is 0 Å². The van der Waals surface area contributed by atoms with E-state index in [2.05, 4.69) is 229 Å². The van der Waals surface area contributed by atoms with Crippen molar-refractivity contribution >= 4 is 54.1 Å². The molecule has 12 aromatic rings. The SMILES string of the molecule is c1ccc(-n2c3cc(-c4ccc5c6ccccc6c6ccccc6c5c4)ccc3c3c(-c4cccc5c4C4(c6ccccc6-c6ccccc64)c4ccccc4-5)cccc32)cc1. The molecule has 0 fully saturated rings. The van der Waals surface area contributed by atoms with E-state index >= 15 is 0 Å². The molecule has 1 heteroatoms. The average molecular weight is 784 g/mol. The highest BCUT2D eigenvalue weighted by Crippen LogP contribution is 2.64. The molecule has 1 aromatic heterocycles. The second-order valence-electron chi connectivity index (χ2n) is 17.1. The Morgan fingerprint density at radius 3 is 1.34 bits per heavy atom. The van der Waals surface area contributed by atoms with Crippen LogP contribution in [0.3, 0.4) is 0 Å². The van der Waals surface area contributed by atoms with Crippen LogP contribution in [0.5, 0.6) is 0 Å². The lowest BCUT2D eigenvalue weighted by molar-refractivity contribution is 0.796. The van der Waals surface area contributed by atoms with Crippen LogP contribution in [-0.4, -0.2) is 4.57 Å². The Bertz CT molecular complexity index is 3770. The summed E-state index contributed by atoms with van der Waals surface area (Å²) in [6, 6.07) is 84.1. The van der Waals surface area contributed by atoms with Crippen molar-refractivity contribution in [2.24, 2.45) is 0 Å². The van der Waals surface area contributed by atoms with E-state index in [-0.39, 0.29) is 0 Å². The van der Waals surface area contributed by atoms with E-state index in [1.165, 1.54) is 121 Å². The van der Waals surface area contributed by atoms with E-state index in [9.17, 15) is 0 Å². The molecule has 2 aliphatic carbocycles. The van der Waals surface area contributed by atoms with Gasteiger partial charge in [-0.3, -0.25) is 0 Å². The van der Waals surface area contributed by atoms with E-state index in [0.29, 0.717) is 0 Å². The number of benzene rings is 11. The van der Waals surface area contributed by atoms with Gasteiger partial charge in [0.25, 0.3) is 0 Å². The summed E-state index contributed by atoms with van der Waals surface area (Å²) >= 11 is 0. The number of aromatic nitrogens is 1. The molecule has 62 heavy (non-hydrogen) atoms. The minimum atomic E-state index is -0.450.